The average Bonchev–Trinajstić information content (AvgIpc) is 3.27. The van der Waals surface area contributed by atoms with Gasteiger partial charge >= 0.3 is 0 Å². The minimum atomic E-state index is 0.725. The molecule has 0 radical (unpaired) electrons. The molecule has 2 aromatic rings. The maximum absolute atomic E-state index is 6.01. The summed E-state index contributed by atoms with van der Waals surface area (Å²) in [5, 5.41) is 3.53. The Balaban J connectivity index is 1.73. The molecule has 3 heteroatoms. The molecule has 1 saturated carbocycles. The van der Waals surface area contributed by atoms with Crippen LogP contribution in [0.3, 0.4) is 0 Å². The van der Waals surface area contributed by atoms with E-state index in [0.29, 0.717) is 0 Å². The Morgan fingerprint density at radius 1 is 1.19 bits per heavy atom. The van der Waals surface area contributed by atoms with Crippen LogP contribution in [0, 0.1) is 13.8 Å². The summed E-state index contributed by atoms with van der Waals surface area (Å²) >= 11 is 3.64. The lowest BCUT2D eigenvalue weighted by Crippen LogP contribution is -2.15. The van der Waals surface area contributed by atoms with Crippen molar-refractivity contribution in [1.82, 2.24) is 5.32 Å². The van der Waals surface area contributed by atoms with E-state index in [1.54, 1.807) is 0 Å². The van der Waals surface area contributed by atoms with E-state index in [-0.39, 0.29) is 0 Å². The molecule has 0 aliphatic heterocycles. The first kappa shape index (κ1) is 14.6. The van der Waals surface area contributed by atoms with Gasteiger partial charge in [0.2, 0.25) is 0 Å². The van der Waals surface area contributed by atoms with E-state index in [4.69, 9.17) is 4.74 Å². The Morgan fingerprint density at radius 3 is 2.71 bits per heavy atom. The number of rotatable bonds is 5. The van der Waals surface area contributed by atoms with Gasteiger partial charge in [0.05, 0.1) is 0 Å². The molecule has 0 atom stereocenters. The van der Waals surface area contributed by atoms with Gasteiger partial charge < -0.3 is 10.1 Å². The lowest BCUT2D eigenvalue weighted by molar-refractivity contribution is 0.477. The zero-order valence-electron chi connectivity index (χ0n) is 12.4. The second-order valence-corrected chi connectivity index (χ2v) is 6.56. The minimum Gasteiger partial charge on any atom is -0.457 e. The van der Waals surface area contributed by atoms with Crippen molar-refractivity contribution in [2.45, 2.75) is 39.3 Å². The highest BCUT2D eigenvalue weighted by Crippen LogP contribution is 2.30. The normalized spacial score (nSPS) is 14.2. The average molecular weight is 346 g/mol. The van der Waals surface area contributed by atoms with Crippen molar-refractivity contribution in [2.24, 2.45) is 0 Å². The molecule has 0 spiro atoms. The molecule has 1 N–H and O–H groups in total. The summed E-state index contributed by atoms with van der Waals surface area (Å²) in [6.45, 7) is 5.10. The molecule has 0 unspecified atom stereocenters. The van der Waals surface area contributed by atoms with Crippen LogP contribution in [0.25, 0.3) is 0 Å². The lowest BCUT2D eigenvalue weighted by atomic mass is 10.1. The van der Waals surface area contributed by atoms with Crippen LogP contribution in [0.5, 0.6) is 11.5 Å². The fraction of sp³-hybridized carbons (Fsp3) is 0.333. The van der Waals surface area contributed by atoms with Gasteiger partial charge in [-0.25, -0.2) is 0 Å². The molecule has 1 aliphatic carbocycles. The SMILES string of the molecule is Cc1cccc(Oc2ccc(CNC3CC3)c(Br)c2)c1C. The number of hydrogen-bond donors (Lipinski definition) is 1. The van der Waals surface area contributed by atoms with E-state index in [0.717, 1.165) is 28.6 Å². The van der Waals surface area contributed by atoms with Crippen molar-refractivity contribution < 1.29 is 4.74 Å². The quantitative estimate of drug-likeness (QED) is 0.812. The minimum absolute atomic E-state index is 0.725. The Kier molecular flexibility index (Phi) is 4.32. The number of ether oxygens (including phenoxy) is 1. The van der Waals surface area contributed by atoms with E-state index in [2.05, 4.69) is 47.2 Å². The third-order valence-corrected chi connectivity index (χ3v) is 4.70. The fourth-order valence-electron chi connectivity index (χ4n) is 2.24. The first-order valence-electron chi connectivity index (χ1n) is 7.39. The monoisotopic (exact) mass is 345 g/mol. The highest BCUT2D eigenvalue weighted by molar-refractivity contribution is 9.10. The van der Waals surface area contributed by atoms with E-state index in [1.807, 2.05) is 24.3 Å². The van der Waals surface area contributed by atoms with Gasteiger partial charge in [-0.1, -0.05) is 34.1 Å². The van der Waals surface area contributed by atoms with E-state index < -0.39 is 0 Å². The summed E-state index contributed by atoms with van der Waals surface area (Å²) < 4.78 is 7.11. The first-order valence-corrected chi connectivity index (χ1v) is 8.18. The molecular formula is C18H20BrNO. The number of hydrogen-bond acceptors (Lipinski definition) is 2. The molecule has 0 amide bonds. The van der Waals surface area contributed by atoms with Crippen LogP contribution in [-0.2, 0) is 6.54 Å². The molecule has 3 rings (SSSR count). The van der Waals surface area contributed by atoms with Crippen molar-refractivity contribution in [3.05, 3.63) is 57.6 Å². The molecule has 0 heterocycles. The first-order chi connectivity index (χ1) is 10.1. The van der Waals surface area contributed by atoms with Crippen LogP contribution in [0.15, 0.2) is 40.9 Å². The van der Waals surface area contributed by atoms with Gasteiger partial charge in [0, 0.05) is 17.1 Å². The predicted octanol–water partition coefficient (Wildman–Crippen LogP) is 5.11. The number of halogens is 1. The van der Waals surface area contributed by atoms with Crippen molar-refractivity contribution in [1.29, 1.82) is 0 Å². The number of benzene rings is 2. The topological polar surface area (TPSA) is 21.3 Å². The molecule has 0 bridgehead atoms. The molecule has 21 heavy (non-hydrogen) atoms. The molecule has 1 fully saturated rings. The summed E-state index contributed by atoms with van der Waals surface area (Å²) in [6.07, 6.45) is 2.62. The Bertz CT molecular complexity index is 650. The fourth-order valence-corrected chi connectivity index (χ4v) is 2.74. The van der Waals surface area contributed by atoms with E-state index >= 15 is 0 Å². The summed E-state index contributed by atoms with van der Waals surface area (Å²) in [5.74, 6) is 1.79. The Labute approximate surface area is 134 Å². The maximum atomic E-state index is 6.01. The second-order valence-electron chi connectivity index (χ2n) is 5.71. The smallest absolute Gasteiger partial charge is 0.130 e. The third kappa shape index (κ3) is 3.66. The zero-order chi connectivity index (χ0) is 14.8. The van der Waals surface area contributed by atoms with Crippen molar-refractivity contribution >= 4 is 15.9 Å². The molecule has 0 saturated heterocycles. The summed E-state index contributed by atoms with van der Waals surface area (Å²) in [5.41, 5.74) is 3.71. The van der Waals surface area contributed by atoms with Crippen LogP contribution in [0.2, 0.25) is 0 Å². The third-order valence-electron chi connectivity index (χ3n) is 3.97. The summed E-state index contributed by atoms with van der Waals surface area (Å²) in [7, 11) is 0. The molecule has 110 valence electrons. The maximum Gasteiger partial charge on any atom is 0.130 e. The van der Waals surface area contributed by atoms with Gasteiger partial charge in [-0.05, 0) is 61.6 Å². The zero-order valence-corrected chi connectivity index (χ0v) is 14.0. The Morgan fingerprint density at radius 2 is 2.00 bits per heavy atom. The van der Waals surface area contributed by atoms with Crippen LogP contribution in [-0.4, -0.2) is 6.04 Å². The van der Waals surface area contributed by atoms with Crippen LogP contribution in [0.1, 0.15) is 29.5 Å². The van der Waals surface area contributed by atoms with Gasteiger partial charge in [0.1, 0.15) is 11.5 Å². The molecule has 2 aromatic carbocycles. The standard InChI is InChI=1S/C18H20BrNO/c1-12-4-3-5-18(13(12)2)21-16-9-6-14(17(19)10-16)11-20-15-7-8-15/h3-6,9-10,15,20H,7-8,11H2,1-2H3. The number of aryl methyl sites for hydroxylation is 1. The van der Waals surface area contributed by atoms with Crippen molar-refractivity contribution in [2.75, 3.05) is 0 Å². The molecular weight excluding hydrogens is 326 g/mol. The molecule has 0 aromatic heterocycles. The summed E-state index contributed by atoms with van der Waals surface area (Å²) in [4.78, 5) is 0. The van der Waals surface area contributed by atoms with Crippen molar-refractivity contribution in [3.8, 4) is 11.5 Å². The summed E-state index contributed by atoms with van der Waals surface area (Å²) in [6, 6.07) is 13.1. The molecule has 2 nitrogen and oxygen atoms in total. The van der Waals surface area contributed by atoms with Gasteiger partial charge in [0.15, 0.2) is 0 Å². The van der Waals surface area contributed by atoms with Gasteiger partial charge in [0.25, 0.3) is 0 Å². The largest absolute Gasteiger partial charge is 0.457 e. The van der Waals surface area contributed by atoms with Gasteiger partial charge in [-0.2, -0.15) is 0 Å². The van der Waals surface area contributed by atoms with Crippen LogP contribution in [0.4, 0.5) is 0 Å². The predicted molar refractivity (Wildman–Crippen MR) is 90.0 cm³/mol. The number of nitrogens with one attached hydrogen (secondary N) is 1. The highest BCUT2D eigenvalue weighted by Gasteiger charge is 2.20. The second kappa shape index (κ2) is 6.20. The van der Waals surface area contributed by atoms with E-state index in [9.17, 15) is 0 Å². The highest BCUT2D eigenvalue weighted by atomic mass is 79.9. The van der Waals surface area contributed by atoms with Crippen LogP contribution < -0.4 is 10.1 Å². The molecule has 1 aliphatic rings. The van der Waals surface area contributed by atoms with E-state index in [1.165, 1.54) is 29.5 Å². The Hall–Kier alpha value is -1.32. The van der Waals surface area contributed by atoms with Crippen molar-refractivity contribution in [3.63, 3.8) is 0 Å². The van der Waals surface area contributed by atoms with Crippen LogP contribution >= 0.6 is 15.9 Å². The van der Waals surface area contributed by atoms with Gasteiger partial charge in [-0.15, -0.1) is 0 Å². The lowest BCUT2D eigenvalue weighted by Gasteiger charge is -2.12. The van der Waals surface area contributed by atoms with Gasteiger partial charge in [-0.3, -0.25) is 0 Å².